The normalized spacial score (nSPS) is 15.3. The lowest BCUT2D eigenvalue weighted by molar-refractivity contribution is -0.121. The van der Waals surface area contributed by atoms with Crippen LogP contribution >= 0.6 is 0 Å². The Labute approximate surface area is 146 Å². The third kappa shape index (κ3) is 4.97. The summed E-state index contributed by atoms with van der Waals surface area (Å²) in [5.41, 5.74) is 2.09. The van der Waals surface area contributed by atoms with Crippen molar-refractivity contribution in [1.29, 1.82) is 0 Å². The fraction of sp³-hybridized carbons (Fsp3) is 0.650. The summed E-state index contributed by atoms with van der Waals surface area (Å²) in [5, 5.41) is 3.13. The molecule has 0 spiro atoms. The Kier molecular flexibility index (Phi) is 7.57. The van der Waals surface area contributed by atoms with Crippen LogP contribution < -0.4 is 10.1 Å². The first-order valence-corrected chi connectivity index (χ1v) is 9.50. The number of fused-ring (bicyclic) bond motifs is 1. The van der Waals surface area contributed by atoms with Gasteiger partial charge in [-0.1, -0.05) is 33.6 Å². The van der Waals surface area contributed by atoms with E-state index in [0.29, 0.717) is 0 Å². The zero-order chi connectivity index (χ0) is 17.4. The van der Waals surface area contributed by atoms with E-state index in [9.17, 15) is 4.79 Å². The SMILES string of the molecule is CCCC[C@@H](C(=O)Nc1ccc2c(c1)CCCCO2)N(CC)CC. The van der Waals surface area contributed by atoms with Crippen LogP contribution in [0, 0.1) is 0 Å². The maximum absolute atomic E-state index is 12.8. The number of rotatable bonds is 8. The molecular formula is C20H32N2O2. The minimum atomic E-state index is -0.0463. The predicted molar refractivity (Wildman–Crippen MR) is 99.7 cm³/mol. The summed E-state index contributed by atoms with van der Waals surface area (Å²) in [6.07, 6.45) is 6.36. The van der Waals surface area contributed by atoms with Gasteiger partial charge in [0.05, 0.1) is 12.6 Å². The smallest absolute Gasteiger partial charge is 0.241 e. The molecule has 0 aromatic heterocycles. The summed E-state index contributed by atoms with van der Waals surface area (Å²) < 4.78 is 5.76. The molecule has 1 N–H and O–H groups in total. The number of unbranched alkanes of at least 4 members (excludes halogenated alkanes) is 1. The molecule has 134 valence electrons. The van der Waals surface area contributed by atoms with E-state index in [1.807, 2.05) is 12.1 Å². The monoisotopic (exact) mass is 332 g/mol. The molecule has 24 heavy (non-hydrogen) atoms. The van der Waals surface area contributed by atoms with Gasteiger partial charge in [0.2, 0.25) is 5.91 Å². The molecule has 1 atom stereocenters. The van der Waals surface area contributed by atoms with E-state index in [2.05, 4.69) is 37.1 Å². The van der Waals surface area contributed by atoms with Crippen molar-refractivity contribution < 1.29 is 9.53 Å². The number of carbonyl (C=O) groups is 1. The van der Waals surface area contributed by atoms with Crippen LogP contribution in [0.1, 0.15) is 58.4 Å². The summed E-state index contributed by atoms with van der Waals surface area (Å²) >= 11 is 0. The van der Waals surface area contributed by atoms with Crippen molar-refractivity contribution in [2.75, 3.05) is 25.0 Å². The quantitative estimate of drug-likeness (QED) is 0.774. The zero-order valence-corrected chi connectivity index (χ0v) is 15.4. The maximum atomic E-state index is 12.8. The largest absolute Gasteiger partial charge is 0.493 e. The van der Waals surface area contributed by atoms with Gasteiger partial charge in [-0.2, -0.15) is 0 Å². The Bertz CT molecular complexity index is 526. The van der Waals surface area contributed by atoms with Crippen molar-refractivity contribution in [3.8, 4) is 5.75 Å². The highest BCUT2D eigenvalue weighted by Crippen LogP contribution is 2.27. The van der Waals surface area contributed by atoms with Crippen LogP contribution in [-0.4, -0.2) is 36.5 Å². The summed E-state index contributed by atoms with van der Waals surface area (Å²) in [6.45, 7) is 9.00. The second kappa shape index (κ2) is 9.67. The van der Waals surface area contributed by atoms with Crippen LogP contribution in [0.3, 0.4) is 0 Å². The van der Waals surface area contributed by atoms with E-state index in [-0.39, 0.29) is 11.9 Å². The lowest BCUT2D eigenvalue weighted by atomic mass is 10.1. The van der Waals surface area contributed by atoms with Crippen LogP contribution in [-0.2, 0) is 11.2 Å². The standard InChI is InChI=1S/C20H32N2O2/c1-4-7-11-18(22(5-2)6-3)20(23)21-17-12-13-19-16(15-17)10-8-9-14-24-19/h12-13,15,18H,4-11,14H2,1-3H3,(H,21,23)/t18-/m0/s1. The number of likely N-dealkylation sites (N-methyl/N-ethyl adjacent to an activating group) is 1. The second-order valence-corrected chi connectivity index (χ2v) is 6.50. The van der Waals surface area contributed by atoms with Gasteiger partial charge in [-0.15, -0.1) is 0 Å². The summed E-state index contributed by atoms with van der Waals surface area (Å²) in [5.74, 6) is 1.08. The molecule has 1 amide bonds. The second-order valence-electron chi connectivity index (χ2n) is 6.50. The van der Waals surface area contributed by atoms with Gasteiger partial charge in [-0.05, 0) is 62.5 Å². The molecule has 1 aromatic rings. The number of nitrogens with zero attached hydrogens (tertiary/aromatic N) is 1. The number of carbonyl (C=O) groups excluding carboxylic acids is 1. The minimum absolute atomic E-state index is 0.0463. The van der Waals surface area contributed by atoms with Crippen molar-refractivity contribution in [2.24, 2.45) is 0 Å². The number of hydrogen-bond donors (Lipinski definition) is 1. The van der Waals surface area contributed by atoms with Crippen molar-refractivity contribution in [2.45, 2.75) is 65.3 Å². The fourth-order valence-corrected chi connectivity index (χ4v) is 3.36. The van der Waals surface area contributed by atoms with Gasteiger partial charge < -0.3 is 10.1 Å². The molecule has 1 aliphatic heterocycles. The predicted octanol–water partition coefficient (Wildman–Crippen LogP) is 4.24. The average molecular weight is 332 g/mol. The number of aryl methyl sites for hydroxylation is 1. The highest BCUT2D eigenvalue weighted by atomic mass is 16.5. The molecule has 0 saturated carbocycles. The molecule has 0 saturated heterocycles. The van der Waals surface area contributed by atoms with Crippen LogP contribution in [0.5, 0.6) is 5.75 Å². The third-order valence-electron chi connectivity index (χ3n) is 4.81. The van der Waals surface area contributed by atoms with Crippen molar-refractivity contribution in [3.05, 3.63) is 23.8 Å². The molecule has 0 fully saturated rings. The highest BCUT2D eigenvalue weighted by Gasteiger charge is 2.23. The van der Waals surface area contributed by atoms with E-state index in [1.165, 1.54) is 5.56 Å². The van der Waals surface area contributed by atoms with Crippen molar-refractivity contribution >= 4 is 11.6 Å². The van der Waals surface area contributed by atoms with Gasteiger partial charge in [0.25, 0.3) is 0 Å². The molecule has 0 bridgehead atoms. The maximum Gasteiger partial charge on any atom is 0.241 e. The minimum Gasteiger partial charge on any atom is -0.493 e. The Hall–Kier alpha value is -1.55. The Balaban J connectivity index is 2.09. The van der Waals surface area contributed by atoms with Gasteiger partial charge in [-0.3, -0.25) is 9.69 Å². The molecule has 1 aromatic carbocycles. The van der Waals surface area contributed by atoms with Crippen LogP contribution in [0.25, 0.3) is 0 Å². The first-order chi connectivity index (χ1) is 11.7. The summed E-state index contributed by atoms with van der Waals surface area (Å²) in [4.78, 5) is 15.1. The van der Waals surface area contributed by atoms with Crippen molar-refractivity contribution in [3.63, 3.8) is 0 Å². The molecule has 4 heteroatoms. The van der Waals surface area contributed by atoms with Gasteiger partial charge >= 0.3 is 0 Å². The van der Waals surface area contributed by atoms with Gasteiger partial charge in [0.1, 0.15) is 5.75 Å². The summed E-state index contributed by atoms with van der Waals surface area (Å²) in [6, 6.07) is 5.99. The topological polar surface area (TPSA) is 41.6 Å². The Morgan fingerprint density at radius 3 is 2.75 bits per heavy atom. The third-order valence-corrected chi connectivity index (χ3v) is 4.81. The van der Waals surface area contributed by atoms with Crippen LogP contribution in [0.2, 0.25) is 0 Å². The van der Waals surface area contributed by atoms with Gasteiger partial charge in [0, 0.05) is 5.69 Å². The lowest BCUT2D eigenvalue weighted by Gasteiger charge is -2.28. The number of benzene rings is 1. The highest BCUT2D eigenvalue weighted by molar-refractivity contribution is 5.95. The van der Waals surface area contributed by atoms with E-state index < -0.39 is 0 Å². The number of amides is 1. The Morgan fingerprint density at radius 1 is 1.25 bits per heavy atom. The van der Waals surface area contributed by atoms with Crippen LogP contribution in [0.15, 0.2) is 18.2 Å². The number of hydrogen-bond acceptors (Lipinski definition) is 3. The first kappa shape index (κ1) is 18.8. The average Bonchev–Trinajstić information content (AvgIpc) is 2.83. The molecule has 2 rings (SSSR count). The van der Waals surface area contributed by atoms with Gasteiger partial charge in [0.15, 0.2) is 0 Å². The van der Waals surface area contributed by atoms with Crippen LogP contribution in [0.4, 0.5) is 5.69 Å². The molecule has 0 aliphatic carbocycles. The molecule has 4 nitrogen and oxygen atoms in total. The van der Waals surface area contributed by atoms with Crippen molar-refractivity contribution in [1.82, 2.24) is 4.90 Å². The van der Waals surface area contributed by atoms with E-state index in [4.69, 9.17) is 4.74 Å². The Morgan fingerprint density at radius 2 is 2.04 bits per heavy atom. The molecule has 1 aliphatic rings. The van der Waals surface area contributed by atoms with E-state index in [0.717, 1.165) is 69.7 Å². The zero-order valence-electron chi connectivity index (χ0n) is 15.4. The van der Waals surface area contributed by atoms with E-state index in [1.54, 1.807) is 0 Å². The fourth-order valence-electron chi connectivity index (χ4n) is 3.36. The summed E-state index contributed by atoms with van der Waals surface area (Å²) in [7, 11) is 0. The molecule has 0 unspecified atom stereocenters. The molecule has 1 heterocycles. The molecular weight excluding hydrogens is 300 g/mol. The van der Waals surface area contributed by atoms with E-state index >= 15 is 0 Å². The first-order valence-electron chi connectivity index (χ1n) is 9.50. The van der Waals surface area contributed by atoms with Gasteiger partial charge in [-0.25, -0.2) is 0 Å². The number of nitrogens with one attached hydrogen (secondary N) is 1. The number of ether oxygens (including phenoxy) is 1. The number of anilines is 1. The molecule has 0 radical (unpaired) electrons. The lowest BCUT2D eigenvalue weighted by Crippen LogP contribution is -2.44.